The van der Waals surface area contributed by atoms with Gasteiger partial charge in [-0.3, -0.25) is 4.79 Å². The Labute approximate surface area is 154 Å². The molecule has 1 aliphatic rings. The third-order valence-electron chi connectivity index (χ3n) is 4.46. The van der Waals surface area contributed by atoms with E-state index in [1.807, 2.05) is 0 Å². The number of ether oxygens (including phenoxy) is 2. The largest absolute Gasteiger partial charge is 0.463 e. The molecule has 3 atom stereocenters. The lowest BCUT2D eigenvalue weighted by molar-refractivity contribution is -0.149. The van der Waals surface area contributed by atoms with E-state index in [-0.39, 0.29) is 23.8 Å². The van der Waals surface area contributed by atoms with E-state index in [1.165, 1.54) is 26.0 Å². The van der Waals surface area contributed by atoms with Crippen molar-refractivity contribution in [1.29, 1.82) is 5.26 Å². The number of nitrogens with zero attached hydrogens (tertiary/aromatic N) is 4. The van der Waals surface area contributed by atoms with E-state index < -0.39 is 29.8 Å². The van der Waals surface area contributed by atoms with Crippen LogP contribution in [0.5, 0.6) is 0 Å². The predicted molar refractivity (Wildman–Crippen MR) is 89.3 cm³/mol. The smallest absolute Gasteiger partial charge is 0.302 e. The fourth-order valence-corrected chi connectivity index (χ4v) is 2.99. The van der Waals surface area contributed by atoms with Gasteiger partial charge in [0.1, 0.15) is 30.0 Å². The van der Waals surface area contributed by atoms with E-state index in [2.05, 4.69) is 16.4 Å². The van der Waals surface area contributed by atoms with Crippen LogP contribution >= 0.6 is 0 Å². The van der Waals surface area contributed by atoms with Gasteiger partial charge < -0.3 is 9.47 Å². The molecule has 2 aromatic rings. The average molecular weight is 376 g/mol. The van der Waals surface area contributed by atoms with E-state index in [9.17, 15) is 18.8 Å². The van der Waals surface area contributed by atoms with Crippen LogP contribution in [0.1, 0.15) is 31.4 Å². The highest BCUT2D eigenvalue weighted by molar-refractivity contribution is 5.65. The molecule has 9 heteroatoms. The highest BCUT2D eigenvalue weighted by Crippen LogP contribution is 2.30. The Morgan fingerprint density at radius 1 is 1.41 bits per heavy atom. The Balaban J connectivity index is 1.80. The number of nitriles is 1. The van der Waals surface area contributed by atoms with Crippen molar-refractivity contribution in [2.45, 2.75) is 44.9 Å². The summed E-state index contributed by atoms with van der Waals surface area (Å²) in [6.07, 6.45) is 1.30. The van der Waals surface area contributed by atoms with Crippen LogP contribution in [-0.4, -0.2) is 39.8 Å². The van der Waals surface area contributed by atoms with Gasteiger partial charge in [0.2, 0.25) is 0 Å². The number of carbonyl (C=O) groups is 1. The summed E-state index contributed by atoms with van der Waals surface area (Å²) < 4.78 is 39.7. The standard InChI is InChI=1S/C18H18F2N4O3/c1-10-16(19)3-12(4-17(10)20)18-8-24(23-22-18)13-5-14(7-21)27-15(6-13)9-26-11(2)25/h3-4,8,13-15H,5-6,9H2,1-2H3/t13-,14+,15-/m1/s1. The van der Waals surface area contributed by atoms with Crippen molar-refractivity contribution >= 4 is 5.97 Å². The second-order valence-electron chi connectivity index (χ2n) is 6.45. The van der Waals surface area contributed by atoms with Crippen LogP contribution in [-0.2, 0) is 14.3 Å². The van der Waals surface area contributed by atoms with Gasteiger partial charge in [-0.1, -0.05) is 5.21 Å². The van der Waals surface area contributed by atoms with Crippen molar-refractivity contribution in [2.75, 3.05) is 6.61 Å². The molecule has 1 saturated heterocycles. The molecule has 0 spiro atoms. The second kappa shape index (κ2) is 7.80. The maximum Gasteiger partial charge on any atom is 0.302 e. The Morgan fingerprint density at radius 2 is 2.11 bits per heavy atom. The number of halogens is 2. The average Bonchev–Trinajstić information content (AvgIpc) is 3.14. The molecule has 0 unspecified atom stereocenters. The topological polar surface area (TPSA) is 90.0 Å². The molecule has 1 aromatic carbocycles. The summed E-state index contributed by atoms with van der Waals surface area (Å²) in [6, 6.07) is 4.25. The zero-order valence-corrected chi connectivity index (χ0v) is 14.9. The summed E-state index contributed by atoms with van der Waals surface area (Å²) in [5.74, 6) is -1.74. The highest BCUT2D eigenvalue weighted by Gasteiger charge is 2.32. The van der Waals surface area contributed by atoms with Crippen LogP contribution in [0, 0.1) is 29.9 Å². The summed E-state index contributed by atoms with van der Waals surface area (Å²) in [7, 11) is 0. The predicted octanol–water partition coefficient (Wildman–Crippen LogP) is 2.71. The molecule has 0 amide bonds. The summed E-state index contributed by atoms with van der Waals surface area (Å²) >= 11 is 0. The van der Waals surface area contributed by atoms with Crippen molar-refractivity contribution < 1.29 is 23.0 Å². The molecule has 0 aliphatic carbocycles. The Bertz CT molecular complexity index is 870. The van der Waals surface area contributed by atoms with Crippen molar-refractivity contribution in [3.05, 3.63) is 35.5 Å². The van der Waals surface area contributed by atoms with E-state index in [0.717, 1.165) is 0 Å². The molecule has 7 nitrogen and oxygen atoms in total. The maximum absolute atomic E-state index is 13.8. The van der Waals surface area contributed by atoms with Gasteiger partial charge in [-0.25, -0.2) is 13.5 Å². The fourth-order valence-electron chi connectivity index (χ4n) is 2.99. The molecular formula is C18H18F2N4O3. The lowest BCUT2D eigenvalue weighted by Crippen LogP contribution is -2.36. The summed E-state index contributed by atoms with van der Waals surface area (Å²) in [4.78, 5) is 11.0. The number of rotatable bonds is 4. The van der Waals surface area contributed by atoms with Gasteiger partial charge in [0.25, 0.3) is 0 Å². The molecule has 0 saturated carbocycles. The summed E-state index contributed by atoms with van der Waals surface area (Å²) in [5, 5.41) is 17.2. The molecule has 27 heavy (non-hydrogen) atoms. The third kappa shape index (κ3) is 4.28. The van der Waals surface area contributed by atoms with Gasteiger partial charge in [-0.15, -0.1) is 5.10 Å². The molecule has 1 aliphatic heterocycles. The lowest BCUT2D eigenvalue weighted by Gasteiger charge is -2.31. The summed E-state index contributed by atoms with van der Waals surface area (Å²) in [6.45, 7) is 2.70. The molecule has 1 fully saturated rings. The lowest BCUT2D eigenvalue weighted by atomic mass is 9.99. The van der Waals surface area contributed by atoms with Crippen molar-refractivity contribution in [3.63, 3.8) is 0 Å². The Hall–Kier alpha value is -2.86. The van der Waals surface area contributed by atoms with Crippen LogP contribution in [0.3, 0.4) is 0 Å². The van der Waals surface area contributed by atoms with Gasteiger partial charge in [0.15, 0.2) is 0 Å². The highest BCUT2D eigenvalue weighted by atomic mass is 19.1. The van der Waals surface area contributed by atoms with Crippen LogP contribution in [0.2, 0.25) is 0 Å². The van der Waals surface area contributed by atoms with Gasteiger partial charge in [0, 0.05) is 24.5 Å². The molecule has 0 N–H and O–H groups in total. The van der Waals surface area contributed by atoms with E-state index in [4.69, 9.17) is 9.47 Å². The molecular weight excluding hydrogens is 358 g/mol. The van der Waals surface area contributed by atoms with E-state index >= 15 is 0 Å². The third-order valence-corrected chi connectivity index (χ3v) is 4.46. The van der Waals surface area contributed by atoms with Crippen molar-refractivity contribution in [3.8, 4) is 17.3 Å². The van der Waals surface area contributed by atoms with Crippen LogP contribution in [0.25, 0.3) is 11.3 Å². The van der Waals surface area contributed by atoms with E-state index in [0.29, 0.717) is 18.5 Å². The monoisotopic (exact) mass is 376 g/mol. The molecule has 142 valence electrons. The minimum Gasteiger partial charge on any atom is -0.463 e. The zero-order chi connectivity index (χ0) is 19.6. The van der Waals surface area contributed by atoms with Crippen LogP contribution in [0.4, 0.5) is 8.78 Å². The van der Waals surface area contributed by atoms with Crippen molar-refractivity contribution in [1.82, 2.24) is 15.0 Å². The van der Waals surface area contributed by atoms with Crippen LogP contribution < -0.4 is 0 Å². The quantitative estimate of drug-likeness (QED) is 0.762. The van der Waals surface area contributed by atoms with Gasteiger partial charge in [-0.2, -0.15) is 5.26 Å². The number of benzene rings is 1. The maximum atomic E-state index is 13.8. The Kier molecular flexibility index (Phi) is 5.46. The first-order valence-corrected chi connectivity index (χ1v) is 8.43. The number of carbonyl (C=O) groups excluding carboxylic acids is 1. The molecule has 0 bridgehead atoms. The second-order valence-corrected chi connectivity index (χ2v) is 6.45. The minimum absolute atomic E-state index is 0.0416. The number of aromatic nitrogens is 3. The van der Waals surface area contributed by atoms with Gasteiger partial charge >= 0.3 is 5.97 Å². The molecule has 2 heterocycles. The first-order valence-electron chi connectivity index (χ1n) is 8.43. The Morgan fingerprint density at radius 3 is 2.74 bits per heavy atom. The minimum atomic E-state index is -0.675. The van der Waals surface area contributed by atoms with Crippen molar-refractivity contribution in [2.24, 2.45) is 0 Å². The van der Waals surface area contributed by atoms with Gasteiger partial charge in [-0.05, 0) is 25.5 Å². The number of hydrogen-bond donors (Lipinski definition) is 0. The van der Waals surface area contributed by atoms with Crippen LogP contribution in [0.15, 0.2) is 18.3 Å². The SMILES string of the molecule is CC(=O)OC[C@H]1C[C@H](n2cc(-c3cc(F)c(C)c(F)c3)nn2)C[C@@H](C#N)O1. The molecule has 1 aromatic heterocycles. The van der Waals surface area contributed by atoms with Gasteiger partial charge in [0.05, 0.1) is 24.4 Å². The zero-order valence-electron chi connectivity index (χ0n) is 14.9. The molecule has 0 radical (unpaired) electrons. The fraction of sp³-hybridized carbons (Fsp3) is 0.444. The van der Waals surface area contributed by atoms with E-state index in [1.54, 1.807) is 10.9 Å². The summed E-state index contributed by atoms with van der Waals surface area (Å²) in [5.41, 5.74) is 0.548. The first-order chi connectivity index (χ1) is 12.9. The number of esters is 1. The molecule has 3 rings (SSSR count). The normalized spacial score (nSPS) is 22.3. The number of hydrogen-bond acceptors (Lipinski definition) is 6. The first kappa shape index (κ1) is 18.9.